The van der Waals surface area contributed by atoms with Crippen molar-refractivity contribution in [2.45, 2.75) is 26.2 Å². The van der Waals surface area contributed by atoms with Gasteiger partial charge in [0, 0.05) is 5.75 Å². The summed E-state index contributed by atoms with van der Waals surface area (Å²) in [6.07, 6.45) is 1.14. The molecule has 0 unspecified atom stereocenters. The first kappa shape index (κ1) is 17.4. The zero-order valence-corrected chi connectivity index (χ0v) is 14.6. The Labute approximate surface area is 143 Å². The summed E-state index contributed by atoms with van der Waals surface area (Å²) < 4.78 is 5.63. The molecule has 122 valence electrons. The van der Waals surface area contributed by atoms with E-state index in [1.807, 2.05) is 42.5 Å². The summed E-state index contributed by atoms with van der Waals surface area (Å²) >= 11 is 1.51. The predicted molar refractivity (Wildman–Crippen MR) is 101 cm³/mol. The molecule has 0 aliphatic heterocycles. The van der Waals surface area contributed by atoms with Crippen LogP contribution in [0, 0.1) is 0 Å². The van der Waals surface area contributed by atoms with Gasteiger partial charge in [0.1, 0.15) is 5.75 Å². The summed E-state index contributed by atoms with van der Waals surface area (Å²) in [6.45, 7) is 5.04. The molecule has 3 nitrogen and oxygen atoms in total. The van der Waals surface area contributed by atoms with Crippen LogP contribution in [-0.4, -0.2) is 17.5 Å². The standard InChI is InChI=1S/C19H24N2OS/c1-3-15(2)16-9-11-17(12-10-16)21-19(20)23-14-13-22-18-7-5-4-6-8-18/h4-12,15H,3,13-14H2,1-2H3,(H2,20,21)/t15-/m1/s1. The van der Waals surface area contributed by atoms with E-state index in [0.29, 0.717) is 17.7 Å². The first-order valence-electron chi connectivity index (χ1n) is 7.93. The number of benzene rings is 2. The second-order valence-corrected chi connectivity index (χ2v) is 6.48. The first-order valence-corrected chi connectivity index (χ1v) is 8.92. The van der Waals surface area contributed by atoms with Crippen molar-refractivity contribution in [3.63, 3.8) is 0 Å². The zero-order chi connectivity index (χ0) is 16.5. The van der Waals surface area contributed by atoms with Gasteiger partial charge in [-0.25, -0.2) is 4.99 Å². The monoisotopic (exact) mass is 328 g/mol. The lowest BCUT2D eigenvalue weighted by atomic mass is 9.99. The van der Waals surface area contributed by atoms with Crippen LogP contribution in [0.5, 0.6) is 5.75 Å². The SMILES string of the molecule is CC[C@@H](C)c1ccc(N=C(N)SCCOc2ccccc2)cc1. The van der Waals surface area contributed by atoms with Crippen LogP contribution in [0.25, 0.3) is 0 Å². The second-order valence-electron chi connectivity index (χ2n) is 5.36. The Bertz CT molecular complexity index is 611. The van der Waals surface area contributed by atoms with Crippen molar-refractivity contribution in [2.75, 3.05) is 12.4 Å². The number of nitrogens with zero attached hydrogens (tertiary/aromatic N) is 1. The van der Waals surface area contributed by atoms with Gasteiger partial charge in [-0.3, -0.25) is 0 Å². The number of nitrogens with two attached hydrogens (primary N) is 1. The minimum Gasteiger partial charge on any atom is -0.493 e. The van der Waals surface area contributed by atoms with E-state index < -0.39 is 0 Å². The molecule has 0 heterocycles. The molecule has 0 fully saturated rings. The van der Waals surface area contributed by atoms with Crippen LogP contribution in [0.1, 0.15) is 31.7 Å². The molecule has 2 aromatic rings. The molecule has 2 N–H and O–H groups in total. The van der Waals surface area contributed by atoms with E-state index in [9.17, 15) is 0 Å². The largest absolute Gasteiger partial charge is 0.493 e. The lowest BCUT2D eigenvalue weighted by Gasteiger charge is -2.08. The van der Waals surface area contributed by atoms with Crippen molar-refractivity contribution in [1.29, 1.82) is 0 Å². The van der Waals surface area contributed by atoms with Gasteiger partial charge in [0.15, 0.2) is 5.17 Å². The van der Waals surface area contributed by atoms with Crippen LogP contribution in [0.3, 0.4) is 0 Å². The Kier molecular flexibility index (Phi) is 7.01. The van der Waals surface area contributed by atoms with E-state index in [0.717, 1.165) is 23.6 Å². The Hall–Kier alpha value is -1.94. The molecule has 23 heavy (non-hydrogen) atoms. The fourth-order valence-electron chi connectivity index (χ4n) is 2.10. The molecule has 0 saturated carbocycles. The molecule has 0 radical (unpaired) electrons. The maximum Gasteiger partial charge on any atom is 0.159 e. The quantitative estimate of drug-likeness (QED) is 0.444. The number of hydrogen-bond donors (Lipinski definition) is 1. The van der Waals surface area contributed by atoms with Crippen molar-refractivity contribution < 1.29 is 4.74 Å². The van der Waals surface area contributed by atoms with Crippen molar-refractivity contribution in [3.8, 4) is 5.75 Å². The molecule has 0 aliphatic carbocycles. The highest BCUT2D eigenvalue weighted by molar-refractivity contribution is 8.13. The Balaban J connectivity index is 1.78. The van der Waals surface area contributed by atoms with Crippen molar-refractivity contribution in [1.82, 2.24) is 0 Å². The van der Waals surface area contributed by atoms with E-state index in [1.165, 1.54) is 17.3 Å². The molecule has 0 spiro atoms. The van der Waals surface area contributed by atoms with Crippen LogP contribution in [-0.2, 0) is 0 Å². The third kappa shape index (κ3) is 5.99. The number of aliphatic imine (C=N–C) groups is 1. The van der Waals surface area contributed by atoms with Gasteiger partial charge in [-0.2, -0.15) is 0 Å². The topological polar surface area (TPSA) is 47.6 Å². The van der Waals surface area contributed by atoms with E-state index in [1.54, 1.807) is 0 Å². The molecule has 2 aromatic carbocycles. The number of ether oxygens (including phenoxy) is 1. The third-order valence-corrected chi connectivity index (χ3v) is 4.42. The summed E-state index contributed by atoms with van der Waals surface area (Å²) in [6, 6.07) is 18.1. The van der Waals surface area contributed by atoms with Crippen LogP contribution in [0.4, 0.5) is 5.69 Å². The minimum atomic E-state index is 0.568. The molecule has 4 heteroatoms. The maximum absolute atomic E-state index is 5.97. The summed E-state index contributed by atoms with van der Waals surface area (Å²) in [4.78, 5) is 4.43. The lowest BCUT2D eigenvalue weighted by Crippen LogP contribution is -2.10. The average Bonchev–Trinajstić information content (AvgIpc) is 2.59. The maximum atomic E-state index is 5.97. The Morgan fingerprint density at radius 1 is 1.13 bits per heavy atom. The molecule has 0 bridgehead atoms. The van der Waals surface area contributed by atoms with Gasteiger partial charge < -0.3 is 10.5 Å². The van der Waals surface area contributed by atoms with Gasteiger partial charge in [0.25, 0.3) is 0 Å². The average molecular weight is 328 g/mol. The highest BCUT2D eigenvalue weighted by Crippen LogP contribution is 2.22. The smallest absolute Gasteiger partial charge is 0.159 e. The molecule has 0 amide bonds. The summed E-state index contributed by atoms with van der Waals surface area (Å²) in [5, 5.41) is 0.568. The molecular weight excluding hydrogens is 304 g/mol. The number of rotatable bonds is 7. The van der Waals surface area contributed by atoms with Gasteiger partial charge in [0.05, 0.1) is 12.3 Å². The van der Waals surface area contributed by atoms with Crippen molar-refractivity contribution >= 4 is 22.6 Å². The fraction of sp³-hybridized carbons (Fsp3) is 0.316. The minimum absolute atomic E-state index is 0.568. The molecule has 0 aliphatic rings. The van der Waals surface area contributed by atoms with Gasteiger partial charge in [-0.15, -0.1) is 0 Å². The van der Waals surface area contributed by atoms with Crippen molar-refractivity contribution in [3.05, 3.63) is 60.2 Å². The van der Waals surface area contributed by atoms with Gasteiger partial charge in [-0.05, 0) is 42.2 Å². The predicted octanol–water partition coefficient (Wildman–Crippen LogP) is 4.96. The molecule has 0 aromatic heterocycles. The number of amidine groups is 1. The second kappa shape index (κ2) is 9.26. The summed E-state index contributed by atoms with van der Waals surface area (Å²) in [5.74, 6) is 2.23. The zero-order valence-electron chi connectivity index (χ0n) is 13.7. The van der Waals surface area contributed by atoms with Gasteiger partial charge in [-0.1, -0.05) is 55.9 Å². The van der Waals surface area contributed by atoms with E-state index >= 15 is 0 Å². The summed E-state index contributed by atoms with van der Waals surface area (Å²) in [7, 11) is 0. The van der Waals surface area contributed by atoms with Crippen LogP contribution < -0.4 is 10.5 Å². The van der Waals surface area contributed by atoms with Gasteiger partial charge in [0.2, 0.25) is 0 Å². The number of hydrogen-bond acceptors (Lipinski definition) is 3. The van der Waals surface area contributed by atoms with Crippen molar-refractivity contribution in [2.24, 2.45) is 10.7 Å². The number of para-hydroxylation sites is 1. The molecule has 1 atom stereocenters. The van der Waals surface area contributed by atoms with Crippen LogP contribution in [0.2, 0.25) is 0 Å². The van der Waals surface area contributed by atoms with Gasteiger partial charge >= 0.3 is 0 Å². The Morgan fingerprint density at radius 2 is 1.83 bits per heavy atom. The third-order valence-electron chi connectivity index (χ3n) is 3.66. The highest BCUT2D eigenvalue weighted by Gasteiger charge is 2.02. The fourth-order valence-corrected chi connectivity index (χ4v) is 2.64. The van der Waals surface area contributed by atoms with E-state index in [4.69, 9.17) is 10.5 Å². The van der Waals surface area contributed by atoms with E-state index in [2.05, 4.69) is 31.0 Å². The molecule has 0 saturated heterocycles. The van der Waals surface area contributed by atoms with E-state index in [-0.39, 0.29) is 0 Å². The number of thioether (sulfide) groups is 1. The van der Waals surface area contributed by atoms with Crippen LogP contribution in [0.15, 0.2) is 59.6 Å². The van der Waals surface area contributed by atoms with Crippen LogP contribution >= 0.6 is 11.8 Å². The highest BCUT2D eigenvalue weighted by atomic mass is 32.2. The summed E-state index contributed by atoms with van der Waals surface area (Å²) in [5.41, 5.74) is 8.20. The molecular formula is C19H24N2OS. The normalized spacial score (nSPS) is 12.9. The first-order chi connectivity index (χ1) is 11.2. The molecule has 2 rings (SSSR count). The lowest BCUT2D eigenvalue weighted by molar-refractivity contribution is 0.344. The Morgan fingerprint density at radius 3 is 2.48 bits per heavy atom.